The van der Waals surface area contributed by atoms with Gasteiger partial charge in [0.25, 0.3) is 0 Å². The summed E-state index contributed by atoms with van der Waals surface area (Å²) in [5.41, 5.74) is 0. The first-order chi connectivity index (χ1) is 0. The molecule has 0 aromatic heterocycles. The minimum absolute atomic E-state index is 0. The molecule has 0 aliphatic carbocycles. The van der Waals surface area contributed by atoms with Crippen LogP contribution in [0.1, 0.15) is 7.43 Å². The molecule has 0 saturated heterocycles. The van der Waals surface area contributed by atoms with Crippen molar-refractivity contribution in [2.75, 3.05) is 0 Å². The van der Waals surface area contributed by atoms with Gasteiger partial charge in [-0.15, -0.1) is 0 Å². The van der Waals surface area contributed by atoms with Crippen molar-refractivity contribution in [3.8, 4) is 0 Å². The van der Waals surface area contributed by atoms with Gasteiger partial charge in [0, 0.05) is 63.2 Å². The van der Waals surface area contributed by atoms with Gasteiger partial charge in [-0.1, -0.05) is 7.43 Å². The molecule has 0 fully saturated rings. The fourth-order valence-corrected chi connectivity index (χ4v) is 0. The van der Waals surface area contributed by atoms with Gasteiger partial charge in [-0.25, -0.2) is 0 Å². The number of hydrogen-bond acceptors (Lipinski definition) is 0. The molecule has 3 heteroatoms. The summed E-state index contributed by atoms with van der Waals surface area (Å²) in [4.78, 5) is 0. The van der Waals surface area contributed by atoms with E-state index in [1.165, 1.54) is 0 Å². The van der Waals surface area contributed by atoms with Crippen molar-refractivity contribution < 1.29 is 17.1 Å². The number of hydrogen-bond donors (Lipinski definition) is 0. The van der Waals surface area contributed by atoms with Crippen molar-refractivity contribution in [1.82, 2.24) is 0 Å². The predicted octanol–water partition coefficient (Wildman–Crippen LogP) is -0.128. The first kappa shape index (κ1) is 40.3. The summed E-state index contributed by atoms with van der Waals surface area (Å²) >= 11 is 0. The minimum atomic E-state index is 0. The molecule has 20 valence electrons. The summed E-state index contributed by atoms with van der Waals surface area (Å²) in [6.45, 7) is 0. The molecule has 0 bridgehead atoms. The zero-order chi connectivity index (χ0) is 0. The van der Waals surface area contributed by atoms with Crippen molar-refractivity contribution in [3.63, 3.8) is 0 Å². The van der Waals surface area contributed by atoms with E-state index in [4.69, 9.17) is 0 Å². The largest absolute Gasteiger partial charge is 0.0776 e. The predicted molar refractivity (Wildman–Crippen MR) is 18.2 cm³/mol. The van der Waals surface area contributed by atoms with E-state index in [1.54, 1.807) is 0 Å². The maximum absolute atomic E-state index is 0. The maximum atomic E-state index is 0. The van der Waals surface area contributed by atoms with E-state index >= 15 is 0 Å². The Labute approximate surface area is 69.8 Å². The molecule has 0 amide bonds. The Bertz CT molecular complexity index is 8.00. The van der Waals surface area contributed by atoms with Gasteiger partial charge >= 0.3 is 0 Å². The molecule has 0 spiro atoms. The van der Waals surface area contributed by atoms with Crippen LogP contribution in [0.4, 0.5) is 0 Å². The van der Waals surface area contributed by atoms with Gasteiger partial charge in [0.05, 0.1) is 0 Å². The third-order valence-electron chi connectivity index (χ3n) is 0. The zero-order valence-electron chi connectivity index (χ0n) is 1.66. The summed E-state index contributed by atoms with van der Waals surface area (Å²) in [5.74, 6) is 0. The first-order valence-corrected chi connectivity index (χ1v) is 0. The van der Waals surface area contributed by atoms with E-state index < -0.39 is 0 Å². The number of rotatable bonds is 0. The molecular weight excluding hydrogens is 118 g/mol. The third-order valence-corrected chi connectivity index (χ3v) is 0. The fourth-order valence-electron chi connectivity index (χ4n) is 0. The van der Waals surface area contributed by atoms with Crippen LogP contribution < -0.4 is 0 Å². The SMILES string of the molecule is C.[B].[Ca].[Mn]. The second-order valence-corrected chi connectivity index (χ2v) is 0. The molecule has 6 radical (unpaired) electrons. The van der Waals surface area contributed by atoms with Crippen LogP contribution in [0, 0.1) is 0 Å². The van der Waals surface area contributed by atoms with Crippen LogP contribution in [0.25, 0.3) is 0 Å². The van der Waals surface area contributed by atoms with Crippen LogP contribution in [0.2, 0.25) is 0 Å². The Balaban J connectivity index is 0. The normalized spacial score (nSPS) is 0. The topological polar surface area (TPSA) is 0 Å². The molecule has 0 saturated carbocycles. The molecule has 0 unspecified atom stereocenters. The van der Waals surface area contributed by atoms with Gasteiger partial charge in [0.2, 0.25) is 0 Å². The van der Waals surface area contributed by atoms with Gasteiger partial charge in [-0.2, -0.15) is 0 Å². The van der Waals surface area contributed by atoms with Crippen LogP contribution in [0.15, 0.2) is 0 Å². The van der Waals surface area contributed by atoms with Crippen molar-refractivity contribution in [2.45, 2.75) is 7.43 Å². The fraction of sp³-hybridized carbons (Fsp3) is 1.00. The summed E-state index contributed by atoms with van der Waals surface area (Å²) in [6.07, 6.45) is 0. The zero-order valence-corrected chi connectivity index (χ0v) is 5.05. The molecule has 4 heavy (non-hydrogen) atoms. The quantitative estimate of drug-likeness (QED) is 0.392. The molecular formula is CH4BCaMn. The molecule has 0 nitrogen and oxygen atoms in total. The van der Waals surface area contributed by atoms with Crippen LogP contribution in [-0.4, -0.2) is 46.2 Å². The third kappa shape index (κ3) is 9.14. The van der Waals surface area contributed by atoms with E-state index in [0.29, 0.717) is 0 Å². The van der Waals surface area contributed by atoms with Gasteiger partial charge in [-0.3, -0.25) is 0 Å². The average molecular weight is 122 g/mol. The smallest absolute Gasteiger partial charge is 0 e. The minimum Gasteiger partial charge on any atom is -0.0776 e. The molecule has 0 aliphatic heterocycles. The van der Waals surface area contributed by atoms with Gasteiger partial charge in [0.15, 0.2) is 0 Å². The molecule has 0 aromatic rings. The Morgan fingerprint density at radius 3 is 1.00 bits per heavy atom. The monoisotopic (exact) mass is 122 g/mol. The van der Waals surface area contributed by atoms with E-state index in [2.05, 4.69) is 0 Å². The van der Waals surface area contributed by atoms with E-state index in [-0.39, 0.29) is 70.6 Å². The van der Waals surface area contributed by atoms with Crippen LogP contribution in [-0.2, 0) is 17.1 Å². The molecule has 0 N–H and O–H groups in total. The summed E-state index contributed by atoms with van der Waals surface area (Å²) in [6, 6.07) is 0. The second-order valence-electron chi connectivity index (χ2n) is 0. The van der Waals surface area contributed by atoms with Crippen molar-refractivity contribution in [1.29, 1.82) is 0 Å². The van der Waals surface area contributed by atoms with E-state index in [1.807, 2.05) is 0 Å². The summed E-state index contributed by atoms with van der Waals surface area (Å²) < 4.78 is 0. The van der Waals surface area contributed by atoms with Crippen LogP contribution in [0.5, 0.6) is 0 Å². The summed E-state index contributed by atoms with van der Waals surface area (Å²) in [7, 11) is 0. The molecule has 0 atom stereocenters. The Kier molecular flexibility index (Phi) is 212. The average Bonchev–Trinajstić information content (AvgIpc) is 0. The van der Waals surface area contributed by atoms with E-state index in [9.17, 15) is 0 Å². The van der Waals surface area contributed by atoms with Gasteiger partial charge < -0.3 is 0 Å². The van der Waals surface area contributed by atoms with Gasteiger partial charge in [-0.05, 0) is 0 Å². The second kappa shape index (κ2) is 21.0. The van der Waals surface area contributed by atoms with Crippen molar-refractivity contribution in [2.24, 2.45) is 0 Å². The Hall–Kier alpha value is 1.84. The Morgan fingerprint density at radius 1 is 1.00 bits per heavy atom. The molecule has 0 aromatic carbocycles. The van der Waals surface area contributed by atoms with Crippen LogP contribution >= 0.6 is 0 Å². The Morgan fingerprint density at radius 2 is 1.00 bits per heavy atom. The molecule has 0 heterocycles. The first-order valence-electron chi connectivity index (χ1n) is 0. The maximum Gasteiger partial charge on any atom is 0 e. The summed E-state index contributed by atoms with van der Waals surface area (Å²) in [5, 5.41) is 0. The van der Waals surface area contributed by atoms with E-state index in [0.717, 1.165) is 0 Å². The standard InChI is InChI=1S/CH4.B.Ca.Mn/h1H4;;;. The van der Waals surface area contributed by atoms with Crippen molar-refractivity contribution >= 4 is 46.2 Å². The molecule has 0 rings (SSSR count). The van der Waals surface area contributed by atoms with Crippen molar-refractivity contribution in [3.05, 3.63) is 0 Å². The van der Waals surface area contributed by atoms with Gasteiger partial charge in [0.1, 0.15) is 0 Å². The molecule has 0 aliphatic rings. The van der Waals surface area contributed by atoms with Crippen LogP contribution in [0.3, 0.4) is 0 Å².